The SMILES string of the molecule is CCCCCN1CN(c2ccc(C)cc2)c2nc(C)c(CC)c(=O)n2C1. The molecule has 5 nitrogen and oxygen atoms in total. The molecule has 1 aliphatic heterocycles. The lowest BCUT2D eigenvalue weighted by Crippen LogP contribution is -2.48. The number of aryl methyl sites for hydroxylation is 2. The molecule has 3 rings (SSSR count). The molecule has 140 valence electrons. The van der Waals surface area contributed by atoms with Crippen LogP contribution in [0.4, 0.5) is 11.6 Å². The third-order valence-electron chi connectivity index (χ3n) is 5.15. The van der Waals surface area contributed by atoms with Gasteiger partial charge in [-0.05, 0) is 38.8 Å². The lowest BCUT2D eigenvalue weighted by Gasteiger charge is -2.38. The minimum absolute atomic E-state index is 0.104. The lowest BCUT2D eigenvalue weighted by molar-refractivity contribution is 0.194. The van der Waals surface area contributed by atoms with E-state index in [4.69, 9.17) is 4.98 Å². The van der Waals surface area contributed by atoms with Gasteiger partial charge in [-0.1, -0.05) is 44.4 Å². The number of hydrogen-bond acceptors (Lipinski definition) is 4. The van der Waals surface area contributed by atoms with Crippen molar-refractivity contribution >= 4 is 11.6 Å². The molecule has 0 radical (unpaired) electrons. The predicted octanol–water partition coefficient (Wildman–Crippen LogP) is 3.98. The number of benzene rings is 1. The maximum Gasteiger partial charge on any atom is 0.259 e. The highest BCUT2D eigenvalue weighted by atomic mass is 16.1. The van der Waals surface area contributed by atoms with Crippen molar-refractivity contribution in [3.05, 3.63) is 51.4 Å². The minimum atomic E-state index is 0.104. The Morgan fingerprint density at radius 3 is 2.42 bits per heavy atom. The Morgan fingerprint density at radius 2 is 1.77 bits per heavy atom. The summed E-state index contributed by atoms with van der Waals surface area (Å²) in [7, 11) is 0. The van der Waals surface area contributed by atoms with Gasteiger partial charge >= 0.3 is 0 Å². The number of aromatic nitrogens is 2. The van der Waals surface area contributed by atoms with Gasteiger partial charge in [0.15, 0.2) is 0 Å². The number of nitrogens with zero attached hydrogens (tertiary/aromatic N) is 4. The summed E-state index contributed by atoms with van der Waals surface area (Å²) in [5.74, 6) is 0.764. The predicted molar refractivity (Wildman–Crippen MR) is 107 cm³/mol. The van der Waals surface area contributed by atoms with E-state index in [0.29, 0.717) is 6.67 Å². The van der Waals surface area contributed by atoms with Gasteiger partial charge < -0.3 is 0 Å². The fourth-order valence-electron chi connectivity index (χ4n) is 3.58. The van der Waals surface area contributed by atoms with Crippen LogP contribution >= 0.6 is 0 Å². The number of hydrogen-bond donors (Lipinski definition) is 0. The van der Waals surface area contributed by atoms with Gasteiger partial charge in [-0.25, -0.2) is 4.98 Å². The Morgan fingerprint density at radius 1 is 1.04 bits per heavy atom. The highest BCUT2D eigenvalue weighted by Gasteiger charge is 2.27. The molecule has 26 heavy (non-hydrogen) atoms. The number of unbranched alkanes of at least 4 members (excludes halogenated alkanes) is 2. The third-order valence-corrected chi connectivity index (χ3v) is 5.15. The fraction of sp³-hybridized carbons (Fsp3) is 0.524. The monoisotopic (exact) mass is 354 g/mol. The van der Waals surface area contributed by atoms with Gasteiger partial charge in [0.1, 0.15) is 0 Å². The van der Waals surface area contributed by atoms with E-state index in [-0.39, 0.29) is 5.56 Å². The minimum Gasteiger partial charge on any atom is -0.298 e. The van der Waals surface area contributed by atoms with Gasteiger partial charge in [-0.3, -0.25) is 19.2 Å². The van der Waals surface area contributed by atoms with Crippen LogP contribution < -0.4 is 10.5 Å². The highest BCUT2D eigenvalue weighted by molar-refractivity contribution is 5.58. The molecule has 0 bridgehead atoms. The second-order valence-corrected chi connectivity index (χ2v) is 7.21. The van der Waals surface area contributed by atoms with E-state index in [2.05, 4.69) is 47.9 Å². The molecule has 0 saturated carbocycles. The van der Waals surface area contributed by atoms with Crippen LogP contribution in [0.25, 0.3) is 0 Å². The molecular formula is C21H30N4O. The summed E-state index contributed by atoms with van der Waals surface area (Å²) in [6.45, 7) is 10.7. The van der Waals surface area contributed by atoms with Crippen molar-refractivity contribution in [2.45, 2.75) is 60.0 Å². The lowest BCUT2D eigenvalue weighted by atomic mass is 10.2. The van der Waals surface area contributed by atoms with E-state index in [1.165, 1.54) is 18.4 Å². The van der Waals surface area contributed by atoms with Crippen molar-refractivity contribution < 1.29 is 0 Å². The van der Waals surface area contributed by atoms with Crippen LogP contribution in [-0.2, 0) is 13.1 Å². The van der Waals surface area contributed by atoms with Crippen LogP contribution in [0.2, 0.25) is 0 Å². The number of rotatable bonds is 6. The van der Waals surface area contributed by atoms with Crippen molar-refractivity contribution in [2.75, 3.05) is 18.1 Å². The van der Waals surface area contributed by atoms with E-state index in [9.17, 15) is 4.79 Å². The van der Waals surface area contributed by atoms with Gasteiger partial charge in [-0.2, -0.15) is 0 Å². The summed E-state index contributed by atoms with van der Waals surface area (Å²) >= 11 is 0. The summed E-state index contributed by atoms with van der Waals surface area (Å²) in [6.07, 6.45) is 4.29. The molecule has 2 heterocycles. The van der Waals surface area contributed by atoms with Crippen LogP contribution in [0, 0.1) is 13.8 Å². The standard InChI is InChI=1S/C21H30N4O/c1-5-7-8-13-23-14-24(18-11-9-16(3)10-12-18)21-22-17(4)19(6-2)20(26)25(21)15-23/h9-12H,5-8,13-15H2,1-4H3. The third kappa shape index (κ3) is 3.68. The zero-order chi connectivity index (χ0) is 18.7. The largest absolute Gasteiger partial charge is 0.298 e. The number of anilines is 2. The molecule has 0 unspecified atom stereocenters. The van der Waals surface area contributed by atoms with Crippen molar-refractivity contribution in [2.24, 2.45) is 0 Å². The Balaban J connectivity index is 2.03. The second-order valence-electron chi connectivity index (χ2n) is 7.21. The van der Waals surface area contributed by atoms with E-state index < -0.39 is 0 Å². The van der Waals surface area contributed by atoms with Gasteiger partial charge in [0.25, 0.3) is 5.56 Å². The molecule has 5 heteroatoms. The smallest absolute Gasteiger partial charge is 0.259 e. The van der Waals surface area contributed by atoms with Crippen molar-refractivity contribution in [1.29, 1.82) is 0 Å². The van der Waals surface area contributed by atoms with Gasteiger partial charge in [0.2, 0.25) is 5.95 Å². The Hall–Kier alpha value is -2.14. The fourth-order valence-corrected chi connectivity index (χ4v) is 3.58. The summed E-state index contributed by atoms with van der Waals surface area (Å²) in [5.41, 5.74) is 4.09. The summed E-state index contributed by atoms with van der Waals surface area (Å²) < 4.78 is 1.85. The average molecular weight is 354 g/mol. The summed E-state index contributed by atoms with van der Waals surface area (Å²) in [6, 6.07) is 8.46. The van der Waals surface area contributed by atoms with Crippen LogP contribution in [0.3, 0.4) is 0 Å². The zero-order valence-electron chi connectivity index (χ0n) is 16.5. The molecular weight excluding hydrogens is 324 g/mol. The number of fused-ring (bicyclic) bond motifs is 1. The second kappa shape index (κ2) is 8.04. The molecule has 0 fully saturated rings. The quantitative estimate of drug-likeness (QED) is 0.736. The topological polar surface area (TPSA) is 41.4 Å². The summed E-state index contributed by atoms with van der Waals surface area (Å²) in [5, 5.41) is 0. The molecule has 0 N–H and O–H groups in total. The first-order chi connectivity index (χ1) is 12.5. The summed E-state index contributed by atoms with van der Waals surface area (Å²) in [4.78, 5) is 22.4. The van der Waals surface area contributed by atoms with Gasteiger partial charge in [0, 0.05) is 23.5 Å². The molecule has 1 aliphatic rings. The van der Waals surface area contributed by atoms with Crippen LogP contribution in [-0.4, -0.2) is 27.7 Å². The van der Waals surface area contributed by atoms with Crippen molar-refractivity contribution in [1.82, 2.24) is 14.5 Å². The maximum atomic E-state index is 13.0. The molecule has 0 aliphatic carbocycles. The molecule has 0 spiro atoms. The maximum absolute atomic E-state index is 13.0. The van der Waals surface area contributed by atoms with Gasteiger partial charge in [-0.15, -0.1) is 0 Å². The molecule has 1 aromatic heterocycles. The zero-order valence-corrected chi connectivity index (χ0v) is 16.5. The molecule has 1 aromatic carbocycles. The van der Waals surface area contributed by atoms with Crippen LogP contribution in [0.1, 0.15) is 49.9 Å². The molecule has 0 saturated heterocycles. The van der Waals surface area contributed by atoms with E-state index in [1.54, 1.807) is 0 Å². The first-order valence-corrected chi connectivity index (χ1v) is 9.72. The van der Waals surface area contributed by atoms with E-state index >= 15 is 0 Å². The van der Waals surface area contributed by atoms with Crippen molar-refractivity contribution in [3.63, 3.8) is 0 Å². The highest BCUT2D eigenvalue weighted by Crippen LogP contribution is 2.28. The van der Waals surface area contributed by atoms with Crippen molar-refractivity contribution in [3.8, 4) is 0 Å². The Bertz CT molecular complexity index is 810. The molecule has 0 amide bonds. The van der Waals surface area contributed by atoms with Crippen LogP contribution in [0.5, 0.6) is 0 Å². The van der Waals surface area contributed by atoms with Gasteiger partial charge in [0.05, 0.1) is 13.3 Å². The van der Waals surface area contributed by atoms with E-state index in [0.717, 1.165) is 48.9 Å². The Kier molecular flexibility index (Phi) is 5.77. The first-order valence-electron chi connectivity index (χ1n) is 9.72. The average Bonchev–Trinajstić information content (AvgIpc) is 2.63. The molecule has 2 aromatic rings. The first kappa shape index (κ1) is 18.6. The van der Waals surface area contributed by atoms with E-state index in [1.807, 2.05) is 18.4 Å². The molecule has 0 atom stereocenters. The Labute approximate surface area is 156 Å². The normalized spacial score (nSPS) is 14.5. The van der Waals surface area contributed by atoms with Crippen LogP contribution in [0.15, 0.2) is 29.1 Å².